The van der Waals surface area contributed by atoms with Gasteiger partial charge in [-0.3, -0.25) is 9.59 Å². The molecule has 3 aromatic rings. The Morgan fingerprint density at radius 3 is 2.32 bits per heavy atom. The third-order valence-electron chi connectivity index (χ3n) is 4.59. The van der Waals surface area contributed by atoms with Crippen molar-refractivity contribution in [3.05, 3.63) is 98.8 Å². The second-order valence-electron chi connectivity index (χ2n) is 6.74. The van der Waals surface area contributed by atoms with Crippen molar-refractivity contribution in [1.29, 1.82) is 0 Å². The van der Waals surface area contributed by atoms with Crippen LogP contribution in [0, 0.1) is 12.7 Å². The highest BCUT2D eigenvalue weighted by Crippen LogP contribution is 2.41. The molecule has 1 aliphatic rings. The fraction of sp³-hybridized carbons (Fsp3) is 0.0435. The van der Waals surface area contributed by atoms with Gasteiger partial charge in [0, 0.05) is 4.90 Å². The Bertz CT molecular complexity index is 1230. The van der Waals surface area contributed by atoms with Crippen LogP contribution in [0.5, 0.6) is 0 Å². The van der Waals surface area contributed by atoms with E-state index in [4.69, 9.17) is 23.2 Å². The van der Waals surface area contributed by atoms with Gasteiger partial charge in [-0.15, -0.1) is 0 Å². The molecule has 4 nitrogen and oxygen atoms in total. The van der Waals surface area contributed by atoms with Crippen molar-refractivity contribution in [3.8, 4) is 0 Å². The van der Waals surface area contributed by atoms with Gasteiger partial charge in [0.1, 0.15) is 16.4 Å². The van der Waals surface area contributed by atoms with Gasteiger partial charge in [-0.05, 0) is 43.3 Å². The maximum atomic E-state index is 14.3. The molecule has 0 aliphatic carbocycles. The summed E-state index contributed by atoms with van der Waals surface area (Å²) in [6.45, 7) is 1.95. The monoisotopic (exact) mass is 472 g/mol. The topological polar surface area (TPSA) is 49.4 Å². The Morgan fingerprint density at radius 1 is 0.903 bits per heavy atom. The minimum Gasteiger partial charge on any atom is -0.348 e. The minimum atomic E-state index is -0.646. The standard InChI is InChI=1S/C23H15Cl2FN2O2S/c1-13-9-11-14(12-10-13)31-21-20(27-17-7-3-2-6-16(17)26)22(29)28(23(21)30)18-8-4-5-15(24)19(18)25/h2-12,27H,1H3. The number of amides is 2. The fourth-order valence-corrected chi connectivity index (χ4v) is 4.33. The zero-order valence-corrected chi connectivity index (χ0v) is 18.5. The number of para-hydroxylation sites is 1. The van der Waals surface area contributed by atoms with E-state index < -0.39 is 17.6 Å². The van der Waals surface area contributed by atoms with E-state index in [2.05, 4.69) is 5.32 Å². The van der Waals surface area contributed by atoms with Crippen LogP contribution >= 0.6 is 35.0 Å². The van der Waals surface area contributed by atoms with Crippen LogP contribution in [0.2, 0.25) is 10.0 Å². The maximum absolute atomic E-state index is 14.3. The first-order valence-electron chi connectivity index (χ1n) is 9.20. The number of hydrogen-bond acceptors (Lipinski definition) is 4. The summed E-state index contributed by atoms with van der Waals surface area (Å²) in [4.78, 5) is 28.5. The van der Waals surface area contributed by atoms with Crippen molar-refractivity contribution in [2.45, 2.75) is 11.8 Å². The van der Waals surface area contributed by atoms with Crippen LogP contribution in [0.15, 0.2) is 82.2 Å². The van der Waals surface area contributed by atoms with Crippen molar-refractivity contribution in [2.75, 3.05) is 10.2 Å². The average molecular weight is 473 g/mol. The van der Waals surface area contributed by atoms with Crippen LogP contribution in [0.4, 0.5) is 15.8 Å². The molecule has 156 valence electrons. The molecule has 0 bridgehead atoms. The second-order valence-corrected chi connectivity index (χ2v) is 8.61. The number of hydrogen-bond donors (Lipinski definition) is 1. The summed E-state index contributed by atoms with van der Waals surface area (Å²) in [5.74, 6) is -1.76. The lowest BCUT2D eigenvalue weighted by atomic mass is 10.2. The third-order valence-corrected chi connectivity index (χ3v) is 6.49. The average Bonchev–Trinajstić information content (AvgIpc) is 2.97. The Morgan fingerprint density at radius 2 is 1.61 bits per heavy atom. The predicted octanol–water partition coefficient (Wildman–Crippen LogP) is 6.43. The van der Waals surface area contributed by atoms with Gasteiger partial charge in [0.15, 0.2) is 0 Å². The van der Waals surface area contributed by atoms with Gasteiger partial charge >= 0.3 is 0 Å². The largest absolute Gasteiger partial charge is 0.348 e. The highest BCUT2D eigenvalue weighted by molar-refractivity contribution is 8.04. The number of halogens is 3. The lowest BCUT2D eigenvalue weighted by Gasteiger charge is -2.17. The molecule has 4 rings (SSSR count). The van der Waals surface area contributed by atoms with Gasteiger partial charge in [-0.2, -0.15) is 0 Å². The highest BCUT2D eigenvalue weighted by atomic mass is 35.5. The number of imide groups is 1. The molecule has 8 heteroatoms. The van der Waals surface area contributed by atoms with Gasteiger partial charge in [0.25, 0.3) is 11.8 Å². The highest BCUT2D eigenvalue weighted by Gasteiger charge is 2.41. The molecule has 3 aromatic carbocycles. The molecule has 1 heterocycles. The normalized spacial score (nSPS) is 13.9. The van der Waals surface area contributed by atoms with Gasteiger partial charge in [-0.1, -0.05) is 70.9 Å². The maximum Gasteiger partial charge on any atom is 0.283 e. The molecule has 0 radical (unpaired) electrons. The number of benzene rings is 3. The summed E-state index contributed by atoms with van der Waals surface area (Å²) >= 11 is 13.5. The van der Waals surface area contributed by atoms with Crippen molar-refractivity contribution in [1.82, 2.24) is 0 Å². The van der Waals surface area contributed by atoms with Crippen LogP contribution in [0.1, 0.15) is 5.56 Å². The molecular weight excluding hydrogens is 458 g/mol. The fourth-order valence-electron chi connectivity index (χ4n) is 3.02. The number of thioether (sulfide) groups is 1. The molecule has 0 saturated carbocycles. The number of rotatable bonds is 5. The van der Waals surface area contributed by atoms with E-state index in [1.165, 1.54) is 24.3 Å². The number of nitrogens with one attached hydrogen (secondary N) is 1. The summed E-state index contributed by atoms with van der Waals surface area (Å²) < 4.78 is 14.3. The molecule has 1 aliphatic heterocycles. The van der Waals surface area contributed by atoms with E-state index in [-0.39, 0.29) is 32.0 Å². The Kier molecular flexibility index (Phi) is 6.05. The molecule has 0 spiro atoms. The quantitative estimate of drug-likeness (QED) is 0.434. The van der Waals surface area contributed by atoms with Crippen molar-refractivity contribution < 1.29 is 14.0 Å². The molecule has 31 heavy (non-hydrogen) atoms. The number of carbonyl (C=O) groups excluding carboxylic acids is 2. The van der Waals surface area contributed by atoms with Crippen LogP contribution in [0.3, 0.4) is 0 Å². The van der Waals surface area contributed by atoms with Gasteiger partial charge in [0.2, 0.25) is 0 Å². The summed E-state index contributed by atoms with van der Waals surface area (Å²) in [6, 6.07) is 18.1. The molecule has 0 unspecified atom stereocenters. The summed E-state index contributed by atoms with van der Waals surface area (Å²) in [7, 11) is 0. The van der Waals surface area contributed by atoms with Gasteiger partial charge < -0.3 is 5.32 Å². The summed E-state index contributed by atoms with van der Waals surface area (Å²) in [6.07, 6.45) is 0. The van der Waals surface area contributed by atoms with Crippen molar-refractivity contribution in [3.63, 3.8) is 0 Å². The SMILES string of the molecule is Cc1ccc(SC2=C(Nc3ccccc3F)C(=O)N(c3cccc(Cl)c3Cl)C2=O)cc1. The smallest absolute Gasteiger partial charge is 0.283 e. The zero-order chi connectivity index (χ0) is 22.1. The zero-order valence-electron chi connectivity index (χ0n) is 16.2. The first-order valence-corrected chi connectivity index (χ1v) is 10.8. The number of carbonyl (C=O) groups is 2. The second kappa shape index (κ2) is 8.75. The number of anilines is 2. The molecular formula is C23H15Cl2FN2O2S. The van der Waals surface area contributed by atoms with Crippen molar-refractivity contribution >= 4 is 58.2 Å². The van der Waals surface area contributed by atoms with E-state index in [0.717, 1.165) is 27.1 Å². The minimum absolute atomic E-state index is 0.0308. The van der Waals surface area contributed by atoms with Crippen LogP contribution in [-0.4, -0.2) is 11.8 Å². The lowest BCUT2D eigenvalue weighted by molar-refractivity contribution is -0.120. The van der Waals surface area contributed by atoms with Crippen molar-refractivity contribution in [2.24, 2.45) is 0 Å². The van der Waals surface area contributed by atoms with Gasteiger partial charge in [0.05, 0.1) is 21.4 Å². The molecule has 0 saturated heterocycles. The predicted molar refractivity (Wildman–Crippen MR) is 123 cm³/mol. The molecule has 2 amide bonds. The third kappa shape index (κ3) is 4.19. The first kappa shape index (κ1) is 21.4. The Labute approximate surface area is 192 Å². The lowest BCUT2D eigenvalue weighted by Crippen LogP contribution is -2.32. The molecule has 0 fully saturated rings. The Hall–Kier alpha value is -2.80. The summed E-state index contributed by atoms with van der Waals surface area (Å²) in [5.41, 5.74) is 1.28. The van der Waals surface area contributed by atoms with E-state index in [1.807, 2.05) is 31.2 Å². The van der Waals surface area contributed by atoms with Crippen LogP contribution in [0.25, 0.3) is 0 Å². The van der Waals surface area contributed by atoms with E-state index >= 15 is 0 Å². The Balaban J connectivity index is 1.79. The summed E-state index contributed by atoms with van der Waals surface area (Å²) in [5, 5.41) is 3.09. The molecule has 0 aromatic heterocycles. The van der Waals surface area contributed by atoms with E-state index in [0.29, 0.717) is 0 Å². The van der Waals surface area contributed by atoms with Gasteiger partial charge in [-0.25, -0.2) is 9.29 Å². The first-order chi connectivity index (χ1) is 14.9. The van der Waals surface area contributed by atoms with Crippen LogP contribution < -0.4 is 10.2 Å². The van der Waals surface area contributed by atoms with Crippen LogP contribution in [-0.2, 0) is 9.59 Å². The number of aryl methyl sites for hydroxylation is 1. The van der Waals surface area contributed by atoms with E-state index in [9.17, 15) is 14.0 Å². The number of nitrogens with zero attached hydrogens (tertiary/aromatic N) is 1. The van der Waals surface area contributed by atoms with E-state index in [1.54, 1.807) is 18.2 Å². The molecule has 0 atom stereocenters. The molecule has 1 N–H and O–H groups in total.